The van der Waals surface area contributed by atoms with Gasteiger partial charge in [0, 0.05) is 64.0 Å². The van der Waals surface area contributed by atoms with E-state index >= 15 is 0 Å². The van der Waals surface area contributed by atoms with Gasteiger partial charge in [-0.3, -0.25) is 15.1 Å². The first-order valence-corrected chi connectivity index (χ1v) is 14.0. The molecular formula is C28H23FN6O2S. The molecule has 0 bridgehead atoms. The molecule has 0 aliphatic carbocycles. The Hall–Kier alpha value is -4.44. The standard InChI is InChI=1S/C28H23FN6O2S/c1-16-3-6-30-15-23(16)19-12-22-27(34-35-28(22)32-14-19)25-13-21-24(33-25)4-7-31-26(21)18-9-17(10-20(29)11-18)5-8-38(2,36)37/h3-4,6-7,9-15,33H,5,8H2,1-2H3,(H,32,34,35). The monoisotopic (exact) mass is 526 g/mol. The number of halogens is 1. The van der Waals surface area contributed by atoms with E-state index in [1.807, 2.05) is 37.4 Å². The van der Waals surface area contributed by atoms with Gasteiger partial charge in [0.15, 0.2) is 5.65 Å². The molecule has 10 heteroatoms. The van der Waals surface area contributed by atoms with E-state index in [-0.39, 0.29) is 12.2 Å². The van der Waals surface area contributed by atoms with E-state index in [1.54, 1.807) is 24.7 Å². The number of hydrogen-bond acceptors (Lipinski definition) is 6. The molecule has 2 N–H and O–H groups in total. The molecule has 5 aromatic heterocycles. The van der Waals surface area contributed by atoms with Gasteiger partial charge in [0.25, 0.3) is 0 Å². The van der Waals surface area contributed by atoms with Crippen LogP contribution in [0.15, 0.2) is 67.3 Å². The maximum absolute atomic E-state index is 14.5. The molecule has 0 saturated carbocycles. The fraction of sp³-hybridized carbons (Fsp3) is 0.143. The SMILES string of the molecule is Cc1ccncc1-c1cnc2n[nH]c(-c3cc4c(-c5cc(F)cc(CCS(C)(=O)=O)c5)nccc4[nH]3)c2c1. The van der Waals surface area contributed by atoms with Gasteiger partial charge >= 0.3 is 0 Å². The number of nitrogens with one attached hydrogen (secondary N) is 2. The van der Waals surface area contributed by atoms with Crippen LogP contribution in [0.5, 0.6) is 0 Å². The Balaban J connectivity index is 1.44. The number of fused-ring (bicyclic) bond motifs is 2. The van der Waals surface area contributed by atoms with Crippen LogP contribution in [0.25, 0.3) is 55.7 Å². The predicted molar refractivity (Wildman–Crippen MR) is 146 cm³/mol. The van der Waals surface area contributed by atoms with Gasteiger partial charge in [0.05, 0.1) is 22.8 Å². The number of rotatable bonds is 6. The van der Waals surface area contributed by atoms with Crippen LogP contribution in [0.1, 0.15) is 11.1 Å². The van der Waals surface area contributed by atoms with Crippen molar-refractivity contribution < 1.29 is 12.8 Å². The first-order chi connectivity index (χ1) is 18.2. The van der Waals surface area contributed by atoms with Crippen molar-refractivity contribution in [2.75, 3.05) is 12.0 Å². The summed E-state index contributed by atoms with van der Waals surface area (Å²) in [4.78, 5) is 16.7. The maximum Gasteiger partial charge on any atom is 0.181 e. The third-order valence-electron chi connectivity index (χ3n) is 6.57. The lowest BCUT2D eigenvalue weighted by Gasteiger charge is -2.07. The number of nitrogens with zero attached hydrogens (tertiary/aromatic N) is 4. The fourth-order valence-electron chi connectivity index (χ4n) is 4.67. The minimum absolute atomic E-state index is 0.0523. The van der Waals surface area contributed by atoms with Gasteiger partial charge in [0.2, 0.25) is 0 Å². The van der Waals surface area contributed by atoms with E-state index in [9.17, 15) is 12.8 Å². The molecule has 6 rings (SSSR count). The van der Waals surface area contributed by atoms with Crippen LogP contribution in [0.3, 0.4) is 0 Å². The Bertz CT molecular complexity index is 1940. The van der Waals surface area contributed by atoms with E-state index in [0.29, 0.717) is 22.5 Å². The summed E-state index contributed by atoms with van der Waals surface area (Å²) in [6.07, 6.45) is 8.43. The van der Waals surface area contributed by atoms with Crippen molar-refractivity contribution in [1.29, 1.82) is 0 Å². The Morgan fingerprint density at radius 2 is 1.82 bits per heavy atom. The number of sulfone groups is 1. The smallest absolute Gasteiger partial charge is 0.181 e. The topological polar surface area (TPSA) is 117 Å². The van der Waals surface area contributed by atoms with Gasteiger partial charge in [0.1, 0.15) is 15.7 Å². The van der Waals surface area contributed by atoms with Crippen molar-refractivity contribution >= 4 is 31.8 Å². The molecule has 0 aliphatic heterocycles. The largest absolute Gasteiger partial charge is 0.353 e. The van der Waals surface area contributed by atoms with Crippen LogP contribution in [-0.2, 0) is 16.3 Å². The zero-order valence-corrected chi connectivity index (χ0v) is 21.5. The van der Waals surface area contributed by atoms with E-state index in [1.165, 1.54) is 18.4 Å². The number of pyridine rings is 3. The van der Waals surface area contributed by atoms with Gasteiger partial charge in [-0.15, -0.1) is 0 Å². The lowest BCUT2D eigenvalue weighted by atomic mass is 10.0. The van der Waals surface area contributed by atoms with Gasteiger partial charge in [-0.1, -0.05) is 0 Å². The number of aromatic amines is 2. The first kappa shape index (κ1) is 23.9. The van der Waals surface area contributed by atoms with Crippen LogP contribution in [-0.4, -0.2) is 50.6 Å². The molecule has 0 unspecified atom stereocenters. The molecule has 190 valence electrons. The van der Waals surface area contributed by atoms with Gasteiger partial charge in [-0.05, 0) is 66.9 Å². The predicted octanol–water partition coefficient (Wildman–Crippen LogP) is 5.26. The molecule has 1 aromatic carbocycles. The summed E-state index contributed by atoms with van der Waals surface area (Å²) >= 11 is 0. The third-order valence-corrected chi connectivity index (χ3v) is 7.52. The Labute approximate surface area is 217 Å². The van der Waals surface area contributed by atoms with E-state index in [2.05, 4.69) is 30.1 Å². The van der Waals surface area contributed by atoms with Crippen molar-refractivity contribution in [3.8, 4) is 33.8 Å². The normalized spacial score (nSPS) is 12.0. The average molecular weight is 527 g/mol. The average Bonchev–Trinajstić information content (AvgIpc) is 3.50. The zero-order valence-electron chi connectivity index (χ0n) is 20.7. The third kappa shape index (κ3) is 4.54. The minimum Gasteiger partial charge on any atom is -0.353 e. The van der Waals surface area contributed by atoms with Crippen LogP contribution in [0, 0.1) is 12.7 Å². The highest BCUT2D eigenvalue weighted by atomic mass is 32.2. The van der Waals surface area contributed by atoms with E-state index in [0.717, 1.165) is 44.4 Å². The summed E-state index contributed by atoms with van der Waals surface area (Å²) in [6.45, 7) is 2.03. The Kier molecular flexibility index (Phi) is 5.76. The van der Waals surface area contributed by atoms with E-state index < -0.39 is 15.7 Å². The summed E-state index contributed by atoms with van der Waals surface area (Å²) in [5, 5.41) is 9.13. The molecule has 6 aromatic rings. The molecule has 0 amide bonds. The summed E-state index contributed by atoms with van der Waals surface area (Å²) in [5.74, 6) is -0.493. The highest BCUT2D eigenvalue weighted by Crippen LogP contribution is 2.34. The number of hydrogen-bond donors (Lipinski definition) is 2. The Morgan fingerprint density at radius 1 is 0.947 bits per heavy atom. The molecule has 0 fully saturated rings. The van der Waals surface area contributed by atoms with Gasteiger partial charge in [-0.25, -0.2) is 17.8 Å². The van der Waals surface area contributed by atoms with Crippen molar-refractivity contribution in [3.63, 3.8) is 0 Å². The minimum atomic E-state index is -3.17. The second-order valence-electron chi connectivity index (χ2n) is 9.42. The molecule has 0 radical (unpaired) electrons. The second kappa shape index (κ2) is 9.14. The molecule has 5 heterocycles. The quantitative estimate of drug-likeness (QED) is 0.306. The van der Waals surface area contributed by atoms with Crippen molar-refractivity contribution in [2.24, 2.45) is 0 Å². The molecule has 0 atom stereocenters. The molecule has 0 aliphatic rings. The number of aryl methyl sites for hydroxylation is 2. The molecular weight excluding hydrogens is 503 g/mol. The zero-order chi connectivity index (χ0) is 26.4. The summed E-state index contributed by atoms with van der Waals surface area (Å²) in [7, 11) is -3.17. The van der Waals surface area contributed by atoms with Gasteiger partial charge in [-0.2, -0.15) is 5.10 Å². The first-order valence-electron chi connectivity index (χ1n) is 12.0. The molecule has 0 spiro atoms. The molecule has 38 heavy (non-hydrogen) atoms. The van der Waals surface area contributed by atoms with Gasteiger partial charge < -0.3 is 4.98 Å². The molecule has 0 saturated heterocycles. The number of aromatic nitrogens is 6. The summed E-state index contributed by atoms with van der Waals surface area (Å²) < 4.78 is 37.8. The van der Waals surface area contributed by atoms with Crippen LogP contribution in [0.4, 0.5) is 4.39 Å². The maximum atomic E-state index is 14.5. The Morgan fingerprint density at radius 3 is 2.63 bits per heavy atom. The summed E-state index contributed by atoms with van der Waals surface area (Å²) in [5.41, 5.74) is 7.76. The summed E-state index contributed by atoms with van der Waals surface area (Å²) in [6, 6.07) is 12.4. The molecule has 8 nitrogen and oxygen atoms in total. The van der Waals surface area contributed by atoms with Crippen LogP contribution in [0.2, 0.25) is 0 Å². The lowest BCUT2D eigenvalue weighted by Crippen LogP contribution is -2.06. The highest BCUT2D eigenvalue weighted by molar-refractivity contribution is 7.90. The van der Waals surface area contributed by atoms with E-state index in [4.69, 9.17) is 0 Å². The van der Waals surface area contributed by atoms with Crippen LogP contribution >= 0.6 is 0 Å². The van der Waals surface area contributed by atoms with Crippen molar-refractivity contribution in [2.45, 2.75) is 13.3 Å². The van der Waals surface area contributed by atoms with Crippen LogP contribution < -0.4 is 0 Å². The highest BCUT2D eigenvalue weighted by Gasteiger charge is 2.16. The van der Waals surface area contributed by atoms with Crippen molar-refractivity contribution in [1.82, 2.24) is 30.1 Å². The fourth-order valence-corrected chi connectivity index (χ4v) is 5.28. The second-order valence-corrected chi connectivity index (χ2v) is 11.7. The lowest BCUT2D eigenvalue weighted by molar-refractivity contribution is 0.600. The van der Waals surface area contributed by atoms with Crippen molar-refractivity contribution in [3.05, 3.63) is 84.2 Å². The number of benzene rings is 1. The number of H-pyrrole nitrogens is 2.